The molecule has 2 fully saturated rings. The molecule has 2 aliphatic rings. The molecule has 0 aromatic carbocycles. The fraction of sp³-hybridized carbons (Fsp3) is 0.500. The average molecular weight is 270 g/mol. The molecule has 20 heavy (non-hydrogen) atoms. The number of hydrogen-bond acceptors (Lipinski definition) is 3. The first-order chi connectivity index (χ1) is 9.79. The number of fused-ring (bicyclic) bond motifs is 1. The maximum Gasteiger partial charge on any atom is 0.229 e. The van der Waals surface area contributed by atoms with Gasteiger partial charge in [-0.1, -0.05) is 24.7 Å². The summed E-state index contributed by atoms with van der Waals surface area (Å²) in [5.41, 5.74) is 0.748. The summed E-state index contributed by atoms with van der Waals surface area (Å²) in [5.74, 6) is 7.42. The van der Waals surface area contributed by atoms with Gasteiger partial charge in [-0.2, -0.15) is 0 Å². The first-order valence-electron chi connectivity index (χ1n) is 7.16. The van der Waals surface area contributed by atoms with Crippen molar-refractivity contribution in [2.75, 3.05) is 11.9 Å². The van der Waals surface area contributed by atoms with E-state index in [1.807, 2.05) is 0 Å². The Bertz CT molecular complexity index is 561. The second-order valence-electron chi connectivity index (χ2n) is 5.52. The maximum absolute atomic E-state index is 12.2. The molecule has 0 radical (unpaired) electrons. The molecule has 0 saturated heterocycles. The lowest BCUT2D eigenvalue weighted by Crippen LogP contribution is -2.16. The van der Waals surface area contributed by atoms with Gasteiger partial charge in [0.15, 0.2) is 0 Å². The summed E-state index contributed by atoms with van der Waals surface area (Å²) in [4.78, 5) is 16.4. The van der Waals surface area contributed by atoms with Gasteiger partial charge in [0.25, 0.3) is 0 Å². The number of aliphatic hydroxyl groups is 1. The van der Waals surface area contributed by atoms with Crippen LogP contribution in [0, 0.1) is 29.6 Å². The minimum absolute atomic E-state index is 0.0988. The molecule has 1 heterocycles. The van der Waals surface area contributed by atoms with Gasteiger partial charge in [-0.15, -0.1) is 0 Å². The smallest absolute Gasteiger partial charge is 0.229 e. The molecule has 1 aromatic rings. The molecule has 4 heteroatoms. The predicted octanol–water partition coefficient (Wildman–Crippen LogP) is 1.80. The van der Waals surface area contributed by atoms with E-state index in [1.54, 1.807) is 18.3 Å². The van der Waals surface area contributed by atoms with Crippen molar-refractivity contribution in [3.63, 3.8) is 0 Å². The lowest BCUT2D eigenvalue weighted by molar-refractivity contribution is -0.117. The zero-order valence-electron chi connectivity index (χ0n) is 11.3. The Morgan fingerprint density at radius 1 is 1.40 bits per heavy atom. The van der Waals surface area contributed by atoms with Crippen LogP contribution in [-0.4, -0.2) is 22.6 Å². The molecule has 1 amide bonds. The molecule has 1 aromatic heterocycles. The Kier molecular flexibility index (Phi) is 3.70. The van der Waals surface area contributed by atoms with Crippen molar-refractivity contribution >= 4 is 11.7 Å². The highest BCUT2D eigenvalue weighted by Crippen LogP contribution is 2.55. The fourth-order valence-corrected chi connectivity index (χ4v) is 3.31. The van der Waals surface area contributed by atoms with Gasteiger partial charge in [0.05, 0.1) is 0 Å². The number of aliphatic hydroxyl groups excluding tert-OH is 1. The summed E-state index contributed by atoms with van der Waals surface area (Å²) in [5, 5.41) is 11.6. The Hall–Kier alpha value is -1.86. The third-order valence-electron chi connectivity index (χ3n) is 4.28. The average Bonchev–Trinajstić information content (AvgIpc) is 3.20. The molecule has 2 saturated carbocycles. The minimum Gasteiger partial charge on any atom is -0.384 e. The topological polar surface area (TPSA) is 62.2 Å². The molecule has 2 aliphatic carbocycles. The molecular formula is C16H18N2O2. The zero-order chi connectivity index (χ0) is 13.9. The largest absolute Gasteiger partial charge is 0.384 e. The van der Waals surface area contributed by atoms with E-state index in [9.17, 15) is 4.79 Å². The number of anilines is 1. The van der Waals surface area contributed by atoms with Gasteiger partial charge < -0.3 is 10.4 Å². The first kappa shape index (κ1) is 13.1. The molecule has 2 N–H and O–H groups in total. The number of pyridine rings is 1. The number of carbonyl (C=O) groups is 1. The molecule has 0 bridgehead atoms. The zero-order valence-corrected chi connectivity index (χ0v) is 11.3. The highest BCUT2D eigenvalue weighted by atomic mass is 16.2. The minimum atomic E-state index is -0.171. The Morgan fingerprint density at radius 3 is 2.85 bits per heavy atom. The maximum atomic E-state index is 12.2. The van der Waals surface area contributed by atoms with Crippen molar-refractivity contribution < 1.29 is 9.90 Å². The van der Waals surface area contributed by atoms with Crippen molar-refractivity contribution in [3.05, 3.63) is 23.9 Å². The van der Waals surface area contributed by atoms with Crippen LogP contribution in [0.4, 0.5) is 5.82 Å². The van der Waals surface area contributed by atoms with Crippen LogP contribution < -0.4 is 5.32 Å². The number of nitrogens with zero attached hydrogens (tertiary/aromatic N) is 1. The Balaban J connectivity index is 1.64. The Labute approximate surface area is 118 Å². The first-order valence-corrected chi connectivity index (χ1v) is 7.16. The third-order valence-corrected chi connectivity index (χ3v) is 4.28. The normalized spacial score (nSPS) is 26.9. The number of aromatic nitrogens is 1. The van der Waals surface area contributed by atoms with Gasteiger partial charge in [-0.3, -0.25) is 4.79 Å². The number of carbonyl (C=O) groups excluding carboxylic acids is 1. The lowest BCUT2D eigenvalue weighted by atomic mass is 10.0. The van der Waals surface area contributed by atoms with Crippen molar-refractivity contribution in [1.82, 2.24) is 4.98 Å². The van der Waals surface area contributed by atoms with Crippen molar-refractivity contribution in [2.45, 2.75) is 25.7 Å². The van der Waals surface area contributed by atoms with Crippen LogP contribution >= 0.6 is 0 Å². The lowest BCUT2D eigenvalue weighted by Gasteiger charge is -2.04. The summed E-state index contributed by atoms with van der Waals surface area (Å²) in [7, 11) is 0. The third kappa shape index (κ3) is 2.68. The van der Waals surface area contributed by atoms with Gasteiger partial charge in [0.2, 0.25) is 5.91 Å². The molecule has 0 spiro atoms. The number of rotatable bonds is 2. The van der Waals surface area contributed by atoms with Crippen LogP contribution in [0.1, 0.15) is 31.2 Å². The summed E-state index contributed by atoms with van der Waals surface area (Å²) in [6.07, 6.45) is 6.53. The van der Waals surface area contributed by atoms with Crippen LogP contribution in [0.5, 0.6) is 0 Å². The van der Waals surface area contributed by atoms with Crippen molar-refractivity contribution in [1.29, 1.82) is 0 Å². The summed E-state index contributed by atoms with van der Waals surface area (Å²) >= 11 is 0. The number of amides is 1. The SMILES string of the molecule is O=C(Nc1cc(C#CCO)ccn1)C1C2CCCCC21. The summed E-state index contributed by atoms with van der Waals surface area (Å²) in [6.45, 7) is -0.171. The van der Waals surface area contributed by atoms with Gasteiger partial charge in [-0.25, -0.2) is 4.98 Å². The fourth-order valence-electron chi connectivity index (χ4n) is 3.31. The van der Waals surface area contributed by atoms with E-state index in [0.29, 0.717) is 17.7 Å². The second-order valence-corrected chi connectivity index (χ2v) is 5.52. The molecule has 0 aliphatic heterocycles. The van der Waals surface area contributed by atoms with Crippen LogP contribution in [0.2, 0.25) is 0 Å². The molecule has 2 atom stereocenters. The van der Waals surface area contributed by atoms with E-state index >= 15 is 0 Å². The van der Waals surface area contributed by atoms with E-state index < -0.39 is 0 Å². The van der Waals surface area contributed by atoms with Crippen molar-refractivity contribution in [3.8, 4) is 11.8 Å². The Morgan fingerprint density at radius 2 is 2.15 bits per heavy atom. The van der Waals surface area contributed by atoms with Crippen LogP contribution in [0.25, 0.3) is 0 Å². The van der Waals surface area contributed by atoms with Gasteiger partial charge in [-0.05, 0) is 36.8 Å². The monoisotopic (exact) mass is 270 g/mol. The predicted molar refractivity (Wildman–Crippen MR) is 75.8 cm³/mol. The van der Waals surface area contributed by atoms with E-state index in [2.05, 4.69) is 22.1 Å². The van der Waals surface area contributed by atoms with Crippen LogP contribution in [0.15, 0.2) is 18.3 Å². The van der Waals surface area contributed by atoms with Crippen LogP contribution in [-0.2, 0) is 4.79 Å². The second kappa shape index (κ2) is 5.64. The number of nitrogens with one attached hydrogen (secondary N) is 1. The van der Waals surface area contributed by atoms with E-state index in [0.717, 1.165) is 5.56 Å². The number of hydrogen-bond donors (Lipinski definition) is 2. The molecule has 2 unspecified atom stereocenters. The summed E-state index contributed by atoms with van der Waals surface area (Å²) < 4.78 is 0. The van der Waals surface area contributed by atoms with Gasteiger partial charge in [0, 0.05) is 17.7 Å². The highest BCUT2D eigenvalue weighted by molar-refractivity contribution is 5.94. The molecule has 3 rings (SSSR count). The van der Waals surface area contributed by atoms with E-state index in [-0.39, 0.29) is 18.4 Å². The highest BCUT2D eigenvalue weighted by Gasteiger charge is 2.54. The van der Waals surface area contributed by atoms with Crippen LogP contribution in [0.3, 0.4) is 0 Å². The molecular weight excluding hydrogens is 252 g/mol. The standard InChI is InChI=1S/C16H18N2O2/c19-9-3-4-11-7-8-17-14(10-11)18-16(20)15-12-5-1-2-6-13(12)15/h7-8,10,12-13,15,19H,1-2,5-6,9H2,(H,17,18,20). The van der Waals surface area contributed by atoms with Gasteiger partial charge >= 0.3 is 0 Å². The quantitative estimate of drug-likeness (QED) is 0.806. The van der Waals surface area contributed by atoms with Gasteiger partial charge in [0.1, 0.15) is 12.4 Å². The van der Waals surface area contributed by atoms with E-state index in [1.165, 1.54) is 25.7 Å². The van der Waals surface area contributed by atoms with Crippen molar-refractivity contribution in [2.24, 2.45) is 17.8 Å². The van der Waals surface area contributed by atoms with E-state index in [4.69, 9.17) is 5.11 Å². The summed E-state index contributed by atoms with van der Waals surface area (Å²) in [6, 6.07) is 3.50. The molecule has 4 nitrogen and oxygen atoms in total. The molecule has 104 valence electrons.